The van der Waals surface area contributed by atoms with E-state index in [-0.39, 0.29) is 17.3 Å². The van der Waals surface area contributed by atoms with Crippen LogP contribution < -0.4 is 4.72 Å². The normalized spacial score (nSPS) is 14.9. The van der Waals surface area contributed by atoms with Crippen molar-refractivity contribution in [3.8, 4) is 12.3 Å². The Kier molecular flexibility index (Phi) is 6.51. The average molecular weight is 449 g/mol. The molecule has 164 valence electrons. The summed E-state index contributed by atoms with van der Waals surface area (Å²) in [5.41, 5.74) is 2.66. The molecule has 0 radical (unpaired) electrons. The van der Waals surface area contributed by atoms with Crippen LogP contribution in [0.2, 0.25) is 0 Å². The number of hydrogen-bond acceptors (Lipinski definition) is 5. The molecule has 1 aromatic heterocycles. The van der Waals surface area contributed by atoms with Crippen LogP contribution in [0, 0.1) is 12.3 Å². The number of para-hydroxylation sites is 1. The molecule has 0 bridgehead atoms. The molecule has 1 fully saturated rings. The smallest absolute Gasteiger partial charge is 0.253 e. The fraction of sp³-hybridized carbons (Fsp3) is 0.250. The summed E-state index contributed by atoms with van der Waals surface area (Å²) in [6, 6.07) is 16.1. The lowest BCUT2D eigenvalue weighted by molar-refractivity contribution is 0.0628. The lowest BCUT2D eigenvalue weighted by Gasteiger charge is -2.35. The third kappa shape index (κ3) is 4.81. The van der Waals surface area contributed by atoms with E-state index in [1.165, 1.54) is 17.7 Å². The minimum atomic E-state index is -3.67. The number of nitrogens with one attached hydrogen (secondary N) is 1. The molecule has 3 aromatic rings. The van der Waals surface area contributed by atoms with Gasteiger partial charge in [0.25, 0.3) is 5.91 Å². The van der Waals surface area contributed by atoms with Gasteiger partial charge >= 0.3 is 0 Å². The first-order valence-electron chi connectivity index (χ1n) is 10.4. The van der Waals surface area contributed by atoms with Crippen molar-refractivity contribution in [1.82, 2.24) is 19.5 Å². The second-order valence-corrected chi connectivity index (χ2v) is 9.38. The highest BCUT2D eigenvalue weighted by Gasteiger charge is 2.23. The number of piperazine rings is 1. The van der Waals surface area contributed by atoms with Crippen LogP contribution in [0.4, 0.5) is 0 Å². The van der Waals surface area contributed by atoms with Gasteiger partial charge in [0.2, 0.25) is 10.0 Å². The fourth-order valence-corrected chi connectivity index (χ4v) is 4.76. The number of carbonyl (C=O) groups excluding carboxylic acids is 1. The standard InChI is InChI=1S/C24H24N4O3S/c1-2-12-26-32(30,31)22-10-8-20(9-11-22)24(29)28-16-14-27(15-17-28)18-21-6-3-5-19-7-4-13-25-23(19)21/h1,3-11,13,26H,12,14-18H2. The Morgan fingerprint density at radius 3 is 2.47 bits per heavy atom. The molecule has 32 heavy (non-hydrogen) atoms. The Bertz CT molecular complexity index is 1250. The zero-order chi connectivity index (χ0) is 22.6. The summed E-state index contributed by atoms with van der Waals surface area (Å²) in [7, 11) is -3.67. The molecule has 0 aliphatic carbocycles. The fourth-order valence-electron chi connectivity index (χ4n) is 3.82. The predicted molar refractivity (Wildman–Crippen MR) is 123 cm³/mol. The Hall–Kier alpha value is -3.25. The van der Waals surface area contributed by atoms with Gasteiger partial charge in [-0.05, 0) is 35.9 Å². The van der Waals surface area contributed by atoms with Gasteiger partial charge in [-0.15, -0.1) is 6.42 Å². The number of hydrogen-bond donors (Lipinski definition) is 1. The molecule has 1 amide bonds. The van der Waals surface area contributed by atoms with Crippen LogP contribution in [0.3, 0.4) is 0 Å². The number of pyridine rings is 1. The van der Waals surface area contributed by atoms with Gasteiger partial charge in [-0.2, -0.15) is 4.72 Å². The third-order valence-electron chi connectivity index (χ3n) is 5.55. The number of fused-ring (bicyclic) bond motifs is 1. The molecule has 2 heterocycles. The SMILES string of the molecule is C#CCNS(=O)(=O)c1ccc(C(=O)N2CCN(Cc3cccc4cccnc34)CC2)cc1. The monoisotopic (exact) mass is 448 g/mol. The summed E-state index contributed by atoms with van der Waals surface area (Å²) in [5.74, 6) is 2.14. The van der Waals surface area contributed by atoms with Gasteiger partial charge in [0, 0.05) is 49.9 Å². The molecule has 0 spiro atoms. The average Bonchev–Trinajstić information content (AvgIpc) is 2.83. The molecular formula is C24H24N4O3S. The van der Waals surface area contributed by atoms with Crippen molar-refractivity contribution in [3.05, 3.63) is 71.9 Å². The maximum Gasteiger partial charge on any atom is 0.253 e. The number of benzene rings is 2. The highest BCUT2D eigenvalue weighted by Crippen LogP contribution is 2.19. The van der Waals surface area contributed by atoms with Crippen LogP contribution in [-0.4, -0.2) is 61.8 Å². The van der Waals surface area contributed by atoms with E-state index in [4.69, 9.17) is 6.42 Å². The van der Waals surface area contributed by atoms with E-state index in [0.717, 1.165) is 30.5 Å². The number of terminal acetylenes is 1. The first-order valence-corrected chi connectivity index (χ1v) is 11.8. The summed E-state index contributed by atoms with van der Waals surface area (Å²) in [5, 5.41) is 1.12. The number of rotatable bonds is 6. The molecule has 1 N–H and O–H groups in total. The van der Waals surface area contributed by atoms with E-state index in [1.807, 2.05) is 18.3 Å². The van der Waals surface area contributed by atoms with Crippen molar-refractivity contribution in [2.24, 2.45) is 0 Å². The molecule has 1 aliphatic heterocycles. The minimum absolute atomic E-state index is 0.0812. The Morgan fingerprint density at radius 2 is 1.75 bits per heavy atom. The lowest BCUT2D eigenvalue weighted by Crippen LogP contribution is -2.48. The van der Waals surface area contributed by atoms with Crippen molar-refractivity contribution >= 4 is 26.8 Å². The maximum atomic E-state index is 12.9. The van der Waals surface area contributed by atoms with Crippen LogP contribution >= 0.6 is 0 Å². The highest BCUT2D eigenvalue weighted by atomic mass is 32.2. The second kappa shape index (κ2) is 9.49. The van der Waals surface area contributed by atoms with Crippen LogP contribution in [0.5, 0.6) is 0 Å². The Labute approximate surface area is 188 Å². The molecular weight excluding hydrogens is 424 g/mol. The van der Waals surface area contributed by atoms with Gasteiger partial charge < -0.3 is 4.90 Å². The third-order valence-corrected chi connectivity index (χ3v) is 6.96. The van der Waals surface area contributed by atoms with Crippen LogP contribution in [0.25, 0.3) is 10.9 Å². The molecule has 8 heteroatoms. The highest BCUT2D eigenvalue weighted by molar-refractivity contribution is 7.89. The Morgan fingerprint density at radius 1 is 1.03 bits per heavy atom. The van der Waals surface area contributed by atoms with E-state index in [1.54, 1.807) is 17.0 Å². The summed E-state index contributed by atoms with van der Waals surface area (Å²) >= 11 is 0. The number of amides is 1. The van der Waals surface area contributed by atoms with Gasteiger partial charge in [-0.3, -0.25) is 14.7 Å². The molecule has 0 saturated carbocycles. The van der Waals surface area contributed by atoms with Crippen molar-refractivity contribution < 1.29 is 13.2 Å². The number of sulfonamides is 1. The largest absolute Gasteiger partial charge is 0.336 e. The maximum absolute atomic E-state index is 12.9. The van der Waals surface area contributed by atoms with Gasteiger partial charge in [0.1, 0.15) is 0 Å². The van der Waals surface area contributed by atoms with Gasteiger partial charge in [0.05, 0.1) is 17.0 Å². The Balaban J connectivity index is 1.37. The minimum Gasteiger partial charge on any atom is -0.336 e. The number of nitrogens with zero attached hydrogens (tertiary/aromatic N) is 3. The molecule has 1 saturated heterocycles. The van der Waals surface area contributed by atoms with Crippen molar-refractivity contribution in [3.63, 3.8) is 0 Å². The molecule has 4 rings (SSSR count). The second-order valence-electron chi connectivity index (χ2n) is 7.61. The molecule has 0 unspecified atom stereocenters. The van der Waals surface area contributed by atoms with Gasteiger partial charge in [-0.1, -0.05) is 30.2 Å². The molecule has 0 atom stereocenters. The predicted octanol–water partition coefficient (Wildman–Crippen LogP) is 2.10. The number of carbonyl (C=O) groups is 1. The van der Waals surface area contributed by atoms with E-state index in [0.29, 0.717) is 18.7 Å². The quantitative estimate of drug-likeness (QED) is 0.584. The van der Waals surface area contributed by atoms with Gasteiger partial charge in [-0.25, -0.2) is 8.42 Å². The molecule has 2 aromatic carbocycles. The summed E-state index contributed by atoms with van der Waals surface area (Å²) in [6.45, 7) is 3.45. The van der Waals surface area contributed by atoms with E-state index in [2.05, 4.69) is 38.7 Å². The zero-order valence-electron chi connectivity index (χ0n) is 17.6. The summed E-state index contributed by atoms with van der Waals surface area (Å²) in [4.78, 5) is 21.6. The van der Waals surface area contributed by atoms with E-state index < -0.39 is 10.0 Å². The molecule has 1 aliphatic rings. The van der Waals surface area contributed by atoms with Crippen LogP contribution in [-0.2, 0) is 16.6 Å². The topological polar surface area (TPSA) is 82.6 Å². The van der Waals surface area contributed by atoms with Gasteiger partial charge in [0.15, 0.2) is 0 Å². The van der Waals surface area contributed by atoms with Crippen LogP contribution in [0.15, 0.2) is 65.7 Å². The first-order chi connectivity index (χ1) is 15.5. The summed E-state index contributed by atoms with van der Waals surface area (Å²) < 4.78 is 26.6. The first kappa shape index (κ1) is 22.0. The van der Waals surface area contributed by atoms with Crippen molar-refractivity contribution in [2.45, 2.75) is 11.4 Å². The van der Waals surface area contributed by atoms with Crippen LogP contribution in [0.1, 0.15) is 15.9 Å². The summed E-state index contributed by atoms with van der Waals surface area (Å²) in [6.07, 6.45) is 6.91. The van der Waals surface area contributed by atoms with E-state index in [9.17, 15) is 13.2 Å². The van der Waals surface area contributed by atoms with E-state index >= 15 is 0 Å². The lowest BCUT2D eigenvalue weighted by atomic mass is 10.1. The van der Waals surface area contributed by atoms with Crippen molar-refractivity contribution in [1.29, 1.82) is 0 Å². The molecule has 7 nitrogen and oxygen atoms in total. The number of aromatic nitrogens is 1. The zero-order valence-corrected chi connectivity index (χ0v) is 18.4. The van der Waals surface area contributed by atoms with Crippen molar-refractivity contribution in [2.75, 3.05) is 32.7 Å².